The van der Waals surface area contributed by atoms with Crippen LogP contribution in [-0.2, 0) is 16.6 Å². The maximum absolute atomic E-state index is 12.9. The van der Waals surface area contributed by atoms with E-state index in [9.17, 15) is 8.42 Å². The van der Waals surface area contributed by atoms with Crippen molar-refractivity contribution in [1.82, 2.24) is 9.78 Å². The molecule has 0 bridgehead atoms. The Kier molecular flexibility index (Phi) is 6.41. The maximum Gasteiger partial charge on any atom is 0.263 e. The first-order chi connectivity index (χ1) is 13.5. The molecule has 0 radical (unpaired) electrons. The van der Waals surface area contributed by atoms with Gasteiger partial charge in [-0.25, -0.2) is 8.42 Å². The number of aryl methyl sites for hydroxylation is 2. The molecule has 1 aromatic heterocycles. The Morgan fingerprint density at radius 3 is 2.21 bits per heavy atom. The summed E-state index contributed by atoms with van der Waals surface area (Å²) >= 11 is 24.6. The van der Waals surface area contributed by atoms with E-state index < -0.39 is 10.0 Å². The number of hydrogen-bond donors (Lipinski definition) is 1. The molecule has 0 aliphatic carbocycles. The van der Waals surface area contributed by atoms with Gasteiger partial charge >= 0.3 is 0 Å². The summed E-state index contributed by atoms with van der Waals surface area (Å²) < 4.78 is 30.1. The predicted octanol–water partition coefficient (Wildman–Crippen LogP) is 6.27. The molecule has 0 atom stereocenters. The largest absolute Gasteiger partial charge is 0.276 e. The standard InChI is InChI=1S/C19H17Cl4N3O2S/c1-10-7-18(17(23)8-16(10)22)29(27,28)25-19-11(2)24-26(12(19)3)9-13-14(20)5-4-6-15(13)21/h4-8,25H,9H2,1-3H3. The molecule has 3 aromatic rings. The molecule has 0 aliphatic rings. The van der Waals surface area contributed by atoms with E-state index in [4.69, 9.17) is 46.4 Å². The van der Waals surface area contributed by atoms with Gasteiger partial charge in [-0.05, 0) is 50.6 Å². The van der Waals surface area contributed by atoms with Crippen molar-refractivity contribution in [2.75, 3.05) is 4.72 Å². The molecule has 0 unspecified atom stereocenters. The van der Waals surface area contributed by atoms with Crippen LogP contribution in [0.4, 0.5) is 5.69 Å². The Labute approximate surface area is 189 Å². The third kappa shape index (κ3) is 4.52. The molecule has 0 spiro atoms. The summed E-state index contributed by atoms with van der Waals surface area (Å²) in [7, 11) is -3.95. The van der Waals surface area contributed by atoms with Crippen LogP contribution in [0, 0.1) is 20.8 Å². The molecule has 0 fully saturated rings. The Bertz CT molecular complexity index is 1190. The number of halogens is 4. The fourth-order valence-corrected chi connectivity index (χ4v) is 5.38. The Balaban J connectivity index is 1.98. The van der Waals surface area contributed by atoms with Crippen molar-refractivity contribution >= 4 is 62.1 Å². The molecule has 2 aromatic carbocycles. The lowest BCUT2D eigenvalue weighted by molar-refractivity contribution is 0.601. The van der Waals surface area contributed by atoms with Crippen LogP contribution in [0.5, 0.6) is 0 Å². The first-order valence-electron chi connectivity index (χ1n) is 8.46. The zero-order valence-corrected chi connectivity index (χ0v) is 19.6. The lowest BCUT2D eigenvalue weighted by Gasteiger charge is -2.12. The second kappa shape index (κ2) is 8.36. The SMILES string of the molecule is Cc1cc(S(=O)(=O)Nc2c(C)nn(Cc3c(Cl)cccc3Cl)c2C)c(Cl)cc1Cl. The van der Waals surface area contributed by atoms with Crippen LogP contribution in [0.25, 0.3) is 0 Å². The topological polar surface area (TPSA) is 64.0 Å². The number of sulfonamides is 1. The summed E-state index contributed by atoms with van der Waals surface area (Å²) in [6.07, 6.45) is 0. The average molecular weight is 493 g/mol. The molecular weight excluding hydrogens is 476 g/mol. The van der Waals surface area contributed by atoms with E-state index in [2.05, 4.69) is 9.82 Å². The molecule has 154 valence electrons. The van der Waals surface area contributed by atoms with Crippen molar-refractivity contribution in [3.05, 3.63) is 72.9 Å². The van der Waals surface area contributed by atoms with Crippen LogP contribution < -0.4 is 4.72 Å². The van der Waals surface area contributed by atoms with Crippen molar-refractivity contribution in [2.45, 2.75) is 32.2 Å². The molecule has 3 rings (SSSR count). The van der Waals surface area contributed by atoms with Gasteiger partial charge in [0.15, 0.2) is 0 Å². The van der Waals surface area contributed by atoms with Crippen molar-refractivity contribution in [3.63, 3.8) is 0 Å². The van der Waals surface area contributed by atoms with Crippen LogP contribution in [-0.4, -0.2) is 18.2 Å². The molecule has 29 heavy (non-hydrogen) atoms. The molecule has 0 aliphatic heterocycles. The number of aromatic nitrogens is 2. The van der Waals surface area contributed by atoms with E-state index in [0.29, 0.717) is 49.8 Å². The molecule has 10 heteroatoms. The molecule has 0 saturated carbocycles. The minimum Gasteiger partial charge on any atom is -0.276 e. The highest BCUT2D eigenvalue weighted by Crippen LogP contribution is 2.32. The van der Waals surface area contributed by atoms with Crippen LogP contribution in [0.1, 0.15) is 22.5 Å². The van der Waals surface area contributed by atoms with Crippen LogP contribution in [0.2, 0.25) is 20.1 Å². The predicted molar refractivity (Wildman–Crippen MR) is 119 cm³/mol. The smallest absolute Gasteiger partial charge is 0.263 e. The summed E-state index contributed by atoms with van der Waals surface area (Å²) in [5.41, 5.74) is 2.80. The molecule has 0 saturated heterocycles. The Morgan fingerprint density at radius 2 is 1.59 bits per heavy atom. The van der Waals surface area contributed by atoms with Gasteiger partial charge in [-0.1, -0.05) is 52.5 Å². The van der Waals surface area contributed by atoms with Crippen LogP contribution in [0.15, 0.2) is 35.2 Å². The minimum absolute atomic E-state index is 0.0404. The van der Waals surface area contributed by atoms with Gasteiger partial charge < -0.3 is 0 Å². The zero-order valence-electron chi connectivity index (χ0n) is 15.7. The lowest BCUT2D eigenvalue weighted by Crippen LogP contribution is -2.15. The zero-order chi connectivity index (χ0) is 21.5. The molecule has 0 amide bonds. The van der Waals surface area contributed by atoms with Gasteiger partial charge in [0.05, 0.1) is 28.6 Å². The highest BCUT2D eigenvalue weighted by atomic mass is 35.5. The van der Waals surface area contributed by atoms with Gasteiger partial charge in [-0.3, -0.25) is 9.40 Å². The highest BCUT2D eigenvalue weighted by Gasteiger charge is 2.23. The van der Waals surface area contributed by atoms with Gasteiger partial charge in [0.25, 0.3) is 10.0 Å². The number of nitrogens with zero attached hydrogens (tertiary/aromatic N) is 2. The van der Waals surface area contributed by atoms with Crippen molar-refractivity contribution in [2.24, 2.45) is 0 Å². The van der Waals surface area contributed by atoms with Crippen LogP contribution in [0.3, 0.4) is 0 Å². The summed E-state index contributed by atoms with van der Waals surface area (Å²) in [4.78, 5) is -0.0539. The van der Waals surface area contributed by atoms with Gasteiger partial charge in [-0.2, -0.15) is 5.10 Å². The first kappa shape index (κ1) is 22.2. The number of benzene rings is 2. The normalized spacial score (nSPS) is 11.7. The minimum atomic E-state index is -3.95. The van der Waals surface area contributed by atoms with E-state index in [1.54, 1.807) is 43.7 Å². The van der Waals surface area contributed by atoms with E-state index in [1.165, 1.54) is 12.1 Å². The number of rotatable bonds is 5. The summed E-state index contributed by atoms with van der Waals surface area (Å²) in [6, 6.07) is 8.08. The summed E-state index contributed by atoms with van der Waals surface area (Å²) in [5, 5.41) is 5.89. The second-order valence-electron chi connectivity index (χ2n) is 6.54. The second-order valence-corrected chi connectivity index (χ2v) is 9.82. The van der Waals surface area contributed by atoms with E-state index in [1.807, 2.05) is 0 Å². The lowest BCUT2D eigenvalue weighted by atomic mass is 10.2. The Morgan fingerprint density at radius 1 is 0.966 bits per heavy atom. The molecule has 1 N–H and O–H groups in total. The van der Waals surface area contributed by atoms with Crippen molar-refractivity contribution in [1.29, 1.82) is 0 Å². The summed E-state index contributed by atoms with van der Waals surface area (Å²) in [5.74, 6) is 0. The fourth-order valence-electron chi connectivity index (χ4n) is 2.86. The molecule has 5 nitrogen and oxygen atoms in total. The highest BCUT2D eigenvalue weighted by molar-refractivity contribution is 7.92. The monoisotopic (exact) mass is 491 g/mol. The first-order valence-corrected chi connectivity index (χ1v) is 11.5. The molecular formula is C19H17Cl4N3O2S. The van der Waals surface area contributed by atoms with E-state index in [-0.39, 0.29) is 9.92 Å². The van der Waals surface area contributed by atoms with Gasteiger partial charge in [-0.15, -0.1) is 0 Å². The van der Waals surface area contributed by atoms with Gasteiger partial charge in [0.2, 0.25) is 0 Å². The number of anilines is 1. The summed E-state index contributed by atoms with van der Waals surface area (Å²) in [6.45, 7) is 5.48. The number of hydrogen-bond acceptors (Lipinski definition) is 3. The van der Waals surface area contributed by atoms with Crippen LogP contribution >= 0.6 is 46.4 Å². The third-order valence-electron chi connectivity index (χ3n) is 4.49. The maximum atomic E-state index is 12.9. The van der Waals surface area contributed by atoms with Crippen molar-refractivity contribution < 1.29 is 8.42 Å². The fraction of sp³-hybridized carbons (Fsp3) is 0.211. The van der Waals surface area contributed by atoms with E-state index in [0.717, 1.165) is 0 Å². The van der Waals surface area contributed by atoms with Crippen molar-refractivity contribution in [3.8, 4) is 0 Å². The average Bonchev–Trinajstić information content (AvgIpc) is 2.88. The molecule has 1 heterocycles. The van der Waals surface area contributed by atoms with Gasteiger partial charge in [0.1, 0.15) is 4.90 Å². The third-order valence-corrected chi connectivity index (χ3v) is 7.42. The number of nitrogens with one attached hydrogen (secondary N) is 1. The quantitative estimate of drug-likeness (QED) is 0.456. The Hall–Kier alpha value is -1.44. The van der Waals surface area contributed by atoms with Gasteiger partial charge in [0, 0.05) is 20.6 Å². The van der Waals surface area contributed by atoms with E-state index >= 15 is 0 Å².